The van der Waals surface area contributed by atoms with Crippen LogP contribution in [0.1, 0.15) is 65.5 Å². The second kappa shape index (κ2) is 7.85. The zero-order valence-corrected chi connectivity index (χ0v) is 15.9. The van der Waals surface area contributed by atoms with Crippen molar-refractivity contribution in [1.29, 1.82) is 0 Å². The Hall–Kier alpha value is -2.11. The summed E-state index contributed by atoms with van der Waals surface area (Å²) in [5.41, 5.74) is 0.466. The van der Waals surface area contributed by atoms with E-state index in [4.69, 9.17) is 4.74 Å². The summed E-state index contributed by atoms with van der Waals surface area (Å²) in [6, 6.07) is 3.86. The predicted molar refractivity (Wildman–Crippen MR) is 97.5 cm³/mol. The highest BCUT2D eigenvalue weighted by molar-refractivity contribution is 5.86. The van der Waals surface area contributed by atoms with E-state index in [9.17, 15) is 9.59 Å². The quantitative estimate of drug-likeness (QED) is 0.831. The van der Waals surface area contributed by atoms with E-state index < -0.39 is 11.7 Å². The van der Waals surface area contributed by atoms with Gasteiger partial charge in [0.05, 0.1) is 6.04 Å². The van der Waals surface area contributed by atoms with Gasteiger partial charge in [0.15, 0.2) is 0 Å². The Balaban J connectivity index is 2.17. The normalized spacial score (nSPS) is 18.0. The predicted octanol–water partition coefficient (Wildman–Crippen LogP) is 3.92. The third kappa shape index (κ3) is 4.94. The Morgan fingerprint density at radius 3 is 2.56 bits per heavy atom. The molecule has 2 amide bonds. The van der Waals surface area contributed by atoms with Gasteiger partial charge >= 0.3 is 6.09 Å². The first-order chi connectivity index (χ1) is 11.7. The second-order valence-electron chi connectivity index (χ2n) is 7.40. The number of amides is 2. The molecule has 1 aliphatic rings. The molecular formula is C19H29N3O3. The summed E-state index contributed by atoms with van der Waals surface area (Å²) < 4.78 is 5.43. The molecule has 1 aromatic rings. The van der Waals surface area contributed by atoms with Crippen molar-refractivity contribution in [3.05, 3.63) is 23.9 Å². The lowest BCUT2D eigenvalue weighted by Gasteiger charge is -2.35. The summed E-state index contributed by atoms with van der Waals surface area (Å²) in [5, 5.41) is 0. The van der Waals surface area contributed by atoms with E-state index in [1.165, 1.54) is 4.90 Å². The smallest absolute Gasteiger partial charge is 0.415 e. The molecule has 138 valence electrons. The van der Waals surface area contributed by atoms with Crippen LogP contribution in [0.15, 0.2) is 18.3 Å². The van der Waals surface area contributed by atoms with Gasteiger partial charge in [0, 0.05) is 26.2 Å². The van der Waals surface area contributed by atoms with Gasteiger partial charge in [-0.25, -0.2) is 9.78 Å². The lowest BCUT2D eigenvalue weighted by molar-refractivity contribution is -0.132. The molecule has 0 unspecified atom stereocenters. The Morgan fingerprint density at radius 2 is 2.04 bits per heavy atom. The Labute approximate surface area is 150 Å². The van der Waals surface area contributed by atoms with Crippen LogP contribution in [0, 0.1) is 0 Å². The number of carbonyl (C=O) groups excluding carboxylic acids is 2. The molecule has 1 saturated heterocycles. The minimum absolute atomic E-state index is 0.0735. The highest BCUT2D eigenvalue weighted by atomic mass is 16.6. The number of carbonyl (C=O) groups is 2. The maximum Gasteiger partial charge on any atom is 0.415 e. The van der Waals surface area contributed by atoms with E-state index in [2.05, 4.69) is 4.98 Å². The van der Waals surface area contributed by atoms with Crippen LogP contribution in [-0.2, 0) is 9.53 Å². The first-order valence-corrected chi connectivity index (χ1v) is 8.96. The van der Waals surface area contributed by atoms with Crippen molar-refractivity contribution in [1.82, 2.24) is 9.88 Å². The van der Waals surface area contributed by atoms with Gasteiger partial charge in [-0.15, -0.1) is 0 Å². The van der Waals surface area contributed by atoms with Crippen molar-refractivity contribution < 1.29 is 14.3 Å². The Kier molecular flexibility index (Phi) is 6.03. The monoisotopic (exact) mass is 347 g/mol. The SMILES string of the molecule is CCN(C(=O)OC(C)(C)C)c1ccc([C@@H]2CCCCN2C(C)=O)cn1. The number of anilines is 1. The van der Waals surface area contributed by atoms with Crippen molar-refractivity contribution in [3.63, 3.8) is 0 Å². The number of piperidine rings is 1. The maximum atomic E-state index is 12.3. The number of likely N-dealkylation sites (tertiary alicyclic amines) is 1. The zero-order chi connectivity index (χ0) is 18.6. The number of nitrogens with zero attached hydrogens (tertiary/aromatic N) is 3. The van der Waals surface area contributed by atoms with Gasteiger partial charge < -0.3 is 9.64 Å². The van der Waals surface area contributed by atoms with Gasteiger partial charge in [-0.2, -0.15) is 0 Å². The maximum absolute atomic E-state index is 12.3. The Bertz CT molecular complexity index is 607. The molecule has 2 heterocycles. The van der Waals surface area contributed by atoms with Crippen LogP contribution >= 0.6 is 0 Å². The fourth-order valence-corrected chi connectivity index (χ4v) is 3.11. The molecule has 0 aromatic carbocycles. The van der Waals surface area contributed by atoms with Gasteiger partial charge in [-0.1, -0.05) is 6.07 Å². The van der Waals surface area contributed by atoms with E-state index >= 15 is 0 Å². The number of hydrogen-bond acceptors (Lipinski definition) is 4. The van der Waals surface area contributed by atoms with Gasteiger partial charge in [0.2, 0.25) is 5.91 Å². The zero-order valence-electron chi connectivity index (χ0n) is 15.9. The highest BCUT2D eigenvalue weighted by Gasteiger charge is 2.27. The summed E-state index contributed by atoms with van der Waals surface area (Å²) in [7, 11) is 0. The molecule has 1 aromatic heterocycles. The fraction of sp³-hybridized carbons (Fsp3) is 0.632. The summed E-state index contributed by atoms with van der Waals surface area (Å²) in [6.07, 6.45) is 4.47. The fourth-order valence-electron chi connectivity index (χ4n) is 3.11. The minimum Gasteiger partial charge on any atom is -0.443 e. The second-order valence-corrected chi connectivity index (χ2v) is 7.40. The summed E-state index contributed by atoms with van der Waals surface area (Å²) in [5.74, 6) is 0.656. The molecule has 2 rings (SSSR count). The molecule has 0 N–H and O–H groups in total. The molecule has 0 bridgehead atoms. The molecule has 0 aliphatic carbocycles. The average molecular weight is 347 g/mol. The molecule has 1 aliphatic heterocycles. The summed E-state index contributed by atoms with van der Waals surface area (Å²) >= 11 is 0. The summed E-state index contributed by atoms with van der Waals surface area (Å²) in [4.78, 5) is 32.1. The van der Waals surface area contributed by atoms with Crippen LogP contribution in [0.5, 0.6) is 0 Å². The van der Waals surface area contributed by atoms with E-state index in [1.54, 1.807) is 13.1 Å². The Morgan fingerprint density at radius 1 is 1.32 bits per heavy atom. The van der Waals surface area contributed by atoms with Gasteiger partial charge in [-0.05, 0) is 58.6 Å². The van der Waals surface area contributed by atoms with Crippen LogP contribution < -0.4 is 4.90 Å². The van der Waals surface area contributed by atoms with Gasteiger partial charge in [0.25, 0.3) is 0 Å². The molecular weight excluding hydrogens is 318 g/mol. The molecule has 6 heteroatoms. The number of ether oxygens (including phenoxy) is 1. The van der Waals surface area contributed by atoms with Crippen molar-refractivity contribution in [2.75, 3.05) is 18.0 Å². The van der Waals surface area contributed by atoms with Crippen LogP contribution in [0.25, 0.3) is 0 Å². The molecule has 0 radical (unpaired) electrons. The number of aromatic nitrogens is 1. The molecule has 1 atom stereocenters. The average Bonchev–Trinajstić information content (AvgIpc) is 2.54. The third-order valence-corrected chi connectivity index (χ3v) is 4.27. The van der Waals surface area contributed by atoms with Gasteiger partial charge in [-0.3, -0.25) is 9.69 Å². The van der Waals surface area contributed by atoms with E-state index in [1.807, 2.05) is 44.7 Å². The van der Waals surface area contributed by atoms with Crippen molar-refractivity contribution in [2.45, 2.75) is 65.5 Å². The van der Waals surface area contributed by atoms with Crippen LogP contribution in [0.4, 0.5) is 10.6 Å². The number of pyridine rings is 1. The first-order valence-electron chi connectivity index (χ1n) is 8.96. The van der Waals surface area contributed by atoms with Crippen LogP contribution in [-0.4, -0.2) is 40.6 Å². The lowest BCUT2D eigenvalue weighted by Crippen LogP contribution is -2.38. The molecule has 0 saturated carbocycles. The standard InChI is InChI=1S/C19H29N3O3/c1-6-21(18(24)25-19(3,4)5)17-11-10-15(13-20-17)16-9-7-8-12-22(16)14(2)23/h10-11,13,16H,6-9,12H2,1-5H3/t16-/m0/s1. The molecule has 1 fully saturated rings. The van der Waals surface area contributed by atoms with E-state index in [0.717, 1.165) is 31.4 Å². The largest absolute Gasteiger partial charge is 0.443 e. The number of rotatable bonds is 3. The van der Waals surface area contributed by atoms with Crippen molar-refractivity contribution in [3.8, 4) is 0 Å². The summed E-state index contributed by atoms with van der Waals surface area (Å²) in [6.45, 7) is 10.3. The first kappa shape index (κ1) is 19.2. The third-order valence-electron chi connectivity index (χ3n) is 4.27. The van der Waals surface area contributed by atoms with Crippen LogP contribution in [0.2, 0.25) is 0 Å². The van der Waals surface area contributed by atoms with Gasteiger partial charge in [0.1, 0.15) is 11.4 Å². The van der Waals surface area contributed by atoms with Crippen LogP contribution in [0.3, 0.4) is 0 Å². The van der Waals surface area contributed by atoms with Crippen molar-refractivity contribution >= 4 is 17.8 Å². The van der Waals surface area contributed by atoms with E-state index in [0.29, 0.717) is 12.4 Å². The van der Waals surface area contributed by atoms with E-state index in [-0.39, 0.29) is 11.9 Å². The molecule has 0 spiro atoms. The van der Waals surface area contributed by atoms with Crippen molar-refractivity contribution in [2.24, 2.45) is 0 Å². The molecule has 6 nitrogen and oxygen atoms in total. The number of hydrogen-bond donors (Lipinski definition) is 0. The molecule has 25 heavy (non-hydrogen) atoms. The minimum atomic E-state index is -0.547. The highest BCUT2D eigenvalue weighted by Crippen LogP contribution is 2.31. The topological polar surface area (TPSA) is 62.7 Å². The lowest BCUT2D eigenvalue weighted by atomic mass is 9.96.